The molecule has 29 heavy (non-hydrogen) atoms. The first-order valence-electron chi connectivity index (χ1n) is 10.1. The lowest BCUT2D eigenvalue weighted by Crippen LogP contribution is -2.44. The van der Waals surface area contributed by atoms with Crippen LogP contribution in [0.1, 0.15) is 43.6 Å². The second-order valence-electron chi connectivity index (χ2n) is 7.36. The molecule has 1 saturated heterocycles. The molecular formula is C21H28N4O4. The van der Waals surface area contributed by atoms with Gasteiger partial charge in [-0.2, -0.15) is 4.98 Å². The quantitative estimate of drug-likeness (QED) is 0.800. The fourth-order valence-electron chi connectivity index (χ4n) is 3.54. The van der Waals surface area contributed by atoms with Crippen molar-refractivity contribution in [2.45, 2.75) is 51.5 Å². The third-order valence-electron chi connectivity index (χ3n) is 5.12. The largest absolute Gasteiger partial charge is 0.453 e. The summed E-state index contributed by atoms with van der Waals surface area (Å²) in [6.45, 7) is 3.16. The summed E-state index contributed by atoms with van der Waals surface area (Å²) in [6, 6.07) is 7.83. The Morgan fingerprint density at radius 3 is 2.93 bits per heavy atom. The number of nitrogens with one attached hydrogen (secondary N) is 1. The summed E-state index contributed by atoms with van der Waals surface area (Å²) in [7, 11) is 1.38. The summed E-state index contributed by atoms with van der Waals surface area (Å²) < 4.78 is 10.1. The third-order valence-corrected chi connectivity index (χ3v) is 5.12. The highest BCUT2D eigenvalue weighted by Crippen LogP contribution is 2.20. The van der Waals surface area contributed by atoms with E-state index in [4.69, 9.17) is 9.26 Å². The number of nitrogens with zero attached hydrogens (tertiary/aromatic N) is 3. The highest BCUT2D eigenvalue weighted by atomic mass is 16.5. The molecule has 2 amide bonds. The van der Waals surface area contributed by atoms with Crippen LogP contribution >= 0.6 is 0 Å². The first-order valence-corrected chi connectivity index (χ1v) is 10.1. The van der Waals surface area contributed by atoms with Gasteiger partial charge in [0.05, 0.1) is 7.11 Å². The number of carbonyl (C=O) groups is 2. The number of benzene rings is 1. The molecule has 8 nitrogen and oxygen atoms in total. The van der Waals surface area contributed by atoms with Gasteiger partial charge in [-0.3, -0.25) is 4.79 Å². The molecule has 1 aliphatic heterocycles. The van der Waals surface area contributed by atoms with E-state index in [0.29, 0.717) is 44.1 Å². The number of amides is 2. The first-order chi connectivity index (χ1) is 14.1. The zero-order valence-corrected chi connectivity index (χ0v) is 17.0. The monoisotopic (exact) mass is 400 g/mol. The van der Waals surface area contributed by atoms with E-state index in [-0.39, 0.29) is 18.0 Å². The van der Waals surface area contributed by atoms with E-state index in [9.17, 15) is 9.59 Å². The van der Waals surface area contributed by atoms with Crippen molar-refractivity contribution < 1.29 is 18.8 Å². The van der Waals surface area contributed by atoms with Gasteiger partial charge in [-0.05, 0) is 38.2 Å². The standard InChI is InChI=1S/C21H28N4O4/c1-15-8-3-4-10-17(15)20-23-19(29-24-20)12-7-11-18(26)22-16-9-5-6-13-25(14-16)21(27)28-2/h3-4,8,10,16H,5-7,9,11-14H2,1-2H3,(H,22,26)/t16-/m1/s1. The van der Waals surface area contributed by atoms with Gasteiger partial charge < -0.3 is 19.5 Å². The van der Waals surface area contributed by atoms with E-state index in [2.05, 4.69) is 15.5 Å². The average Bonchev–Trinajstić information content (AvgIpc) is 3.05. The number of hydrogen-bond acceptors (Lipinski definition) is 6. The molecule has 0 radical (unpaired) electrons. The van der Waals surface area contributed by atoms with Crippen LogP contribution in [0.25, 0.3) is 11.4 Å². The molecule has 1 aliphatic rings. The number of ether oxygens (including phenoxy) is 1. The van der Waals surface area contributed by atoms with Crippen LogP contribution in [0.4, 0.5) is 4.79 Å². The fourth-order valence-corrected chi connectivity index (χ4v) is 3.54. The van der Waals surface area contributed by atoms with Gasteiger partial charge in [0, 0.05) is 37.5 Å². The van der Waals surface area contributed by atoms with Gasteiger partial charge in [0.25, 0.3) is 0 Å². The van der Waals surface area contributed by atoms with Crippen molar-refractivity contribution in [2.24, 2.45) is 0 Å². The summed E-state index contributed by atoms with van der Waals surface area (Å²) in [5, 5.41) is 7.08. The van der Waals surface area contributed by atoms with Crippen LogP contribution in [0.15, 0.2) is 28.8 Å². The molecule has 0 bridgehead atoms. The van der Waals surface area contributed by atoms with Gasteiger partial charge in [-0.1, -0.05) is 29.4 Å². The van der Waals surface area contributed by atoms with Gasteiger partial charge in [0.1, 0.15) is 0 Å². The van der Waals surface area contributed by atoms with Crippen LogP contribution in [-0.4, -0.2) is 53.3 Å². The number of aromatic nitrogens is 2. The van der Waals surface area contributed by atoms with Gasteiger partial charge in [-0.25, -0.2) is 4.79 Å². The fraction of sp³-hybridized carbons (Fsp3) is 0.524. The van der Waals surface area contributed by atoms with Gasteiger partial charge in [0.15, 0.2) is 0 Å². The molecule has 1 N–H and O–H groups in total. The lowest BCUT2D eigenvalue weighted by molar-refractivity contribution is -0.122. The lowest BCUT2D eigenvalue weighted by Gasteiger charge is -2.23. The Hall–Kier alpha value is -2.90. The second kappa shape index (κ2) is 10.0. The SMILES string of the molecule is COC(=O)N1CCCC[C@@H](NC(=O)CCCc2nc(-c3ccccc3C)no2)C1. The Labute approximate surface area is 170 Å². The van der Waals surface area contributed by atoms with Crippen LogP contribution in [0.5, 0.6) is 0 Å². The van der Waals surface area contributed by atoms with Gasteiger partial charge in [0.2, 0.25) is 17.6 Å². The van der Waals surface area contributed by atoms with Crippen molar-refractivity contribution >= 4 is 12.0 Å². The van der Waals surface area contributed by atoms with E-state index in [1.807, 2.05) is 31.2 Å². The molecule has 3 rings (SSSR count). The maximum absolute atomic E-state index is 12.3. The Morgan fingerprint density at radius 2 is 2.14 bits per heavy atom. The third kappa shape index (κ3) is 5.79. The summed E-state index contributed by atoms with van der Waals surface area (Å²) in [5.41, 5.74) is 2.03. The molecule has 0 aliphatic carbocycles. The Balaban J connectivity index is 1.45. The molecular weight excluding hydrogens is 372 g/mol. The molecule has 1 aromatic heterocycles. The zero-order valence-electron chi connectivity index (χ0n) is 17.0. The number of likely N-dealkylation sites (tertiary alicyclic amines) is 1. The Kier molecular flexibility index (Phi) is 7.21. The molecule has 0 unspecified atom stereocenters. The highest BCUT2D eigenvalue weighted by molar-refractivity contribution is 5.76. The van der Waals surface area contributed by atoms with Crippen LogP contribution in [0, 0.1) is 6.92 Å². The van der Waals surface area contributed by atoms with Crippen LogP contribution in [0.3, 0.4) is 0 Å². The molecule has 2 aromatic rings. The van der Waals surface area contributed by atoms with E-state index < -0.39 is 0 Å². The van der Waals surface area contributed by atoms with Gasteiger partial charge in [-0.15, -0.1) is 0 Å². The first kappa shape index (κ1) is 20.8. The second-order valence-corrected chi connectivity index (χ2v) is 7.36. The minimum atomic E-state index is -0.341. The molecule has 0 spiro atoms. The number of hydrogen-bond donors (Lipinski definition) is 1. The average molecular weight is 400 g/mol. The molecule has 8 heteroatoms. The number of methoxy groups -OCH3 is 1. The van der Waals surface area contributed by atoms with Crippen molar-refractivity contribution in [3.8, 4) is 11.4 Å². The van der Waals surface area contributed by atoms with Crippen molar-refractivity contribution in [3.05, 3.63) is 35.7 Å². The molecule has 0 saturated carbocycles. The van der Waals surface area contributed by atoms with Crippen molar-refractivity contribution in [1.82, 2.24) is 20.4 Å². The normalized spacial score (nSPS) is 16.9. The lowest BCUT2D eigenvalue weighted by atomic mass is 10.1. The molecule has 1 aromatic carbocycles. The summed E-state index contributed by atoms with van der Waals surface area (Å²) in [4.78, 5) is 30.2. The molecule has 156 valence electrons. The Bertz CT molecular complexity index is 836. The van der Waals surface area contributed by atoms with E-state index in [1.54, 1.807) is 4.90 Å². The van der Waals surface area contributed by atoms with Crippen molar-refractivity contribution in [3.63, 3.8) is 0 Å². The van der Waals surface area contributed by atoms with Crippen LogP contribution in [0.2, 0.25) is 0 Å². The minimum Gasteiger partial charge on any atom is -0.453 e. The zero-order chi connectivity index (χ0) is 20.6. The topological polar surface area (TPSA) is 97.6 Å². The molecule has 1 fully saturated rings. The smallest absolute Gasteiger partial charge is 0.409 e. The van der Waals surface area contributed by atoms with Crippen molar-refractivity contribution in [2.75, 3.05) is 20.2 Å². The number of rotatable bonds is 6. The maximum atomic E-state index is 12.3. The summed E-state index contributed by atoms with van der Waals surface area (Å²) >= 11 is 0. The number of aryl methyl sites for hydroxylation is 2. The molecule has 2 heterocycles. The maximum Gasteiger partial charge on any atom is 0.409 e. The molecule has 1 atom stereocenters. The van der Waals surface area contributed by atoms with E-state index in [0.717, 1.165) is 30.4 Å². The Morgan fingerprint density at radius 1 is 1.31 bits per heavy atom. The van der Waals surface area contributed by atoms with E-state index in [1.165, 1.54) is 7.11 Å². The highest BCUT2D eigenvalue weighted by Gasteiger charge is 2.23. The predicted octanol–water partition coefficient (Wildman–Crippen LogP) is 3.10. The predicted molar refractivity (Wildman–Crippen MR) is 107 cm³/mol. The van der Waals surface area contributed by atoms with Crippen molar-refractivity contribution in [1.29, 1.82) is 0 Å². The van der Waals surface area contributed by atoms with Crippen LogP contribution in [-0.2, 0) is 16.0 Å². The van der Waals surface area contributed by atoms with Crippen LogP contribution < -0.4 is 5.32 Å². The van der Waals surface area contributed by atoms with Gasteiger partial charge >= 0.3 is 6.09 Å². The van der Waals surface area contributed by atoms with E-state index >= 15 is 0 Å². The number of carbonyl (C=O) groups excluding carboxylic acids is 2. The summed E-state index contributed by atoms with van der Waals surface area (Å²) in [6.07, 6.45) is 3.95. The summed E-state index contributed by atoms with van der Waals surface area (Å²) in [5.74, 6) is 1.08. The minimum absolute atomic E-state index is 0.0274.